The third kappa shape index (κ3) is 4.83. The first-order valence-corrected chi connectivity index (χ1v) is 11.1. The average molecular weight is 425 g/mol. The van der Waals surface area contributed by atoms with Crippen LogP contribution in [-0.2, 0) is 15.7 Å². The molecule has 5 heteroatoms. The lowest BCUT2D eigenvalue weighted by Crippen LogP contribution is -2.46. The maximum Gasteiger partial charge on any atom is 0.126 e. The van der Waals surface area contributed by atoms with Gasteiger partial charge in [-0.2, -0.15) is 0 Å². The zero-order valence-corrected chi connectivity index (χ0v) is 19.9. The molecule has 1 aromatic rings. The Hall–Kier alpha value is -0.840. The first kappa shape index (κ1) is 23.4. The minimum Gasteiger partial charge on any atom is -0.507 e. The number of thioether (sulfide) groups is 1. The van der Waals surface area contributed by atoms with E-state index in [1.54, 1.807) is 0 Å². The van der Waals surface area contributed by atoms with Crippen LogP contribution >= 0.6 is 24.2 Å². The summed E-state index contributed by atoms with van der Waals surface area (Å²) >= 11 is 1.87. The van der Waals surface area contributed by atoms with Crippen molar-refractivity contribution in [3.8, 4) is 5.75 Å². The van der Waals surface area contributed by atoms with Crippen LogP contribution in [0.3, 0.4) is 0 Å². The summed E-state index contributed by atoms with van der Waals surface area (Å²) in [5.41, 5.74) is 3.14. The zero-order chi connectivity index (χ0) is 19.9. The molecule has 1 fully saturated rings. The Kier molecular flexibility index (Phi) is 7.11. The molecule has 0 radical (unpaired) electrons. The third-order valence-electron chi connectivity index (χ3n) is 5.74. The summed E-state index contributed by atoms with van der Waals surface area (Å²) in [7, 11) is 0. The first-order chi connectivity index (χ1) is 12.5. The minimum absolute atomic E-state index is 0. The largest absolute Gasteiger partial charge is 0.507 e. The predicted molar refractivity (Wildman–Crippen MR) is 125 cm³/mol. The summed E-state index contributed by atoms with van der Waals surface area (Å²) < 4.78 is 0. The Labute approximate surface area is 181 Å². The van der Waals surface area contributed by atoms with Gasteiger partial charge in [-0.15, -0.1) is 12.4 Å². The summed E-state index contributed by atoms with van der Waals surface area (Å²) in [5.74, 6) is 0.461. The second kappa shape index (κ2) is 8.49. The van der Waals surface area contributed by atoms with E-state index < -0.39 is 0 Å². The Morgan fingerprint density at radius 1 is 1.00 bits per heavy atom. The van der Waals surface area contributed by atoms with E-state index in [0.717, 1.165) is 17.7 Å². The van der Waals surface area contributed by atoms with Gasteiger partial charge < -0.3 is 10.4 Å². The Morgan fingerprint density at radius 3 is 1.96 bits per heavy atom. The van der Waals surface area contributed by atoms with Crippen LogP contribution in [0.4, 0.5) is 0 Å². The van der Waals surface area contributed by atoms with E-state index in [1.165, 1.54) is 37.9 Å². The van der Waals surface area contributed by atoms with Gasteiger partial charge in [0.05, 0.1) is 0 Å². The molecule has 0 spiro atoms. The van der Waals surface area contributed by atoms with Gasteiger partial charge in [-0.3, -0.25) is 4.90 Å². The standard InChI is InChI=1S/C23H36N2OS.ClH/c1-21(2,3)18-14-17(15-19(20(18)26)22(4,5)6)23(24-10-13-27-23)16-25-11-8-7-9-12-25;/h10,13-15,24,26H,7-9,11-12,16H2,1-6H3;1H. The highest BCUT2D eigenvalue weighted by Crippen LogP contribution is 2.46. The van der Waals surface area contributed by atoms with Crippen LogP contribution in [0.1, 0.15) is 77.5 Å². The second-order valence-electron chi connectivity index (χ2n) is 10.1. The van der Waals surface area contributed by atoms with Gasteiger partial charge in [-0.25, -0.2) is 0 Å². The van der Waals surface area contributed by atoms with E-state index in [1.807, 2.05) is 11.8 Å². The Morgan fingerprint density at radius 2 is 1.54 bits per heavy atom. The molecule has 0 aliphatic carbocycles. The summed E-state index contributed by atoms with van der Waals surface area (Å²) in [6.45, 7) is 16.5. The van der Waals surface area contributed by atoms with Crippen LogP contribution in [-0.4, -0.2) is 29.6 Å². The van der Waals surface area contributed by atoms with Crippen LogP contribution in [0.15, 0.2) is 23.7 Å². The molecule has 2 heterocycles. The lowest BCUT2D eigenvalue weighted by Gasteiger charge is -2.39. The number of benzene rings is 1. The molecular formula is C23H37ClN2OS. The molecule has 2 aliphatic heterocycles. The van der Waals surface area contributed by atoms with Crippen molar-refractivity contribution in [3.63, 3.8) is 0 Å². The monoisotopic (exact) mass is 424 g/mol. The molecule has 28 heavy (non-hydrogen) atoms. The molecule has 2 aliphatic rings. The van der Waals surface area contributed by atoms with Crippen molar-refractivity contribution in [2.75, 3.05) is 19.6 Å². The van der Waals surface area contributed by atoms with Crippen molar-refractivity contribution < 1.29 is 5.11 Å². The zero-order valence-electron chi connectivity index (χ0n) is 18.3. The molecule has 0 bridgehead atoms. The van der Waals surface area contributed by atoms with E-state index in [4.69, 9.17) is 0 Å². The number of nitrogens with one attached hydrogen (secondary N) is 1. The van der Waals surface area contributed by atoms with Crippen LogP contribution in [0.5, 0.6) is 5.75 Å². The van der Waals surface area contributed by atoms with Gasteiger partial charge >= 0.3 is 0 Å². The van der Waals surface area contributed by atoms with E-state index >= 15 is 0 Å². The number of nitrogens with zero attached hydrogens (tertiary/aromatic N) is 1. The summed E-state index contributed by atoms with van der Waals surface area (Å²) in [6, 6.07) is 4.48. The van der Waals surface area contributed by atoms with E-state index in [2.05, 4.69) is 75.5 Å². The Balaban J connectivity index is 0.00000280. The highest BCUT2D eigenvalue weighted by atomic mass is 35.5. The molecule has 2 N–H and O–H groups in total. The number of likely N-dealkylation sites (tertiary alicyclic amines) is 1. The molecule has 1 saturated heterocycles. The lowest BCUT2D eigenvalue weighted by molar-refractivity contribution is 0.201. The Bertz CT molecular complexity index is 669. The molecule has 0 amide bonds. The van der Waals surface area contributed by atoms with Crippen molar-refractivity contribution in [1.82, 2.24) is 10.2 Å². The number of phenols is 1. The molecule has 1 atom stereocenters. The summed E-state index contributed by atoms with van der Waals surface area (Å²) in [4.78, 5) is 2.42. The number of phenolic OH excluding ortho intramolecular Hbond substituents is 1. The summed E-state index contributed by atoms with van der Waals surface area (Å²) in [6.07, 6.45) is 6.02. The van der Waals surface area contributed by atoms with Gasteiger partial charge in [0.1, 0.15) is 10.6 Å². The number of aromatic hydroxyl groups is 1. The van der Waals surface area contributed by atoms with Crippen molar-refractivity contribution in [1.29, 1.82) is 0 Å². The third-order valence-corrected chi connectivity index (χ3v) is 6.90. The molecule has 1 aromatic carbocycles. The molecule has 1 unspecified atom stereocenters. The fourth-order valence-corrected chi connectivity index (χ4v) is 5.14. The lowest BCUT2D eigenvalue weighted by atomic mass is 9.77. The van der Waals surface area contributed by atoms with Gasteiger partial charge in [0.2, 0.25) is 0 Å². The SMILES string of the molecule is CC(C)(C)c1cc(C2(CN3CCCCC3)NC=CS2)cc(C(C)(C)C)c1O.Cl. The summed E-state index contributed by atoms with van der Waals surface area (Å²) in [5, 5.41) is 16.9. The van der Waals surface area contributed by atoms with Crippen molar-refractivity contribution >= 4 is 24.2 Å². The van der Waals surface area contributed by atoms with Crippen LogP contribution < -0.4 is 5.32 Å². The molecule has 0 saturated carbocycles. The number of rotatable bonds is 3. The fourth-order valence-electron chi connectivity index (χ4n) is 4.12. The topological polar surface area (TPSA) is 35.5 Å². The smallest absolute Gasteiger partial charge is 0.126 e. The van der Waals surface area contributed by atoms with Gasteiger partial charge in [0.15, 0.2) is 0 Å². The van der Waals surface area contributed by atoms with Gasteiger partial charge in [-0.1, -0.05) is 59.7 Å². The number of piperidine rings is 1. The fraction of sp³-hybridized carbons (Fsp3) is 0.652. The molecule has 3 rings (SSSR count). The van der Waals surface area contributed by atoms with Crippen molar-refractivity contribution in [2.24, 2.45) is 0 Å². The molecule has 0 aromatic heterocycles. The van der Waals surface area contributed by atoms with Crippen LogP contribution in [0.2, 0.25) is 0 Å². The highest BCUT2D eigenvalue weighted by Gasteiger charge is 2.39. The number of hydrogen-bond donors (Lipinski definition) is 2. The van der Waals surface area contributed by atoms with Gasteiger partial charge in [-0.05, 0) is 71.0 Å². The molecular weight excluding hydrogens is 388 g/mol. The maximum atomic E-state index is 11.1. The van der Waals surface area contributed by atoms with E-state index in [0.29, 0.717) is 5.75 Å². The van der Waals surface area contributed by atoms with Gasteiger partial charge in [0, 0.05) is 12.7 Å². The second-order valence-corrected chi connectivity index (χ2v) is 11.4. The molecule has 158 valence electrons. The minimum atomic E-state index is -0.176. The number of halogens is 1. The normalized spacial score (nSPS) is 23.4. The predicted octanol–water partition coefficient (Wildman–Crippen LogP) is 5.86. The van der Waals surface area contributed by atoms with Crippen molar-refractivity contribution in [3.05, 3.63) is 40.4 Å². The molecule has 3 nitrogen and oxygen atoms in total. The highest BCUT2D eigenvalue weighted by molar-refractivity contribution is 8.03. The number of hydrogen-bond acceptors (Lipinski definition) is 4. The van der Waals surface area contributed by atoms with Gasteiger partial charge in [0.25, 0.3) is 0 Å². The quantitative estimate of drug-likeness (QED) is 0.637. The van der Waals surface area contributed by atoms with Crippen LogP contribution in [0.25, 0.3) is 0 Å². The average Bonchev–Trinajstić information content (AvgIpc) is 3.03. The van der Waals surface area contributed by atoms with Crippen molar-refractivity contribution in [2.45, 2.75) is 76.5 Å². The van der Waals surface area contributed by atoms with E-state index in [9.17, 15) is 5.11 Å². The van der Waals surface area contributed by atoms with Crippen LogP contribution in [0, 0.1) is 0 Å². The maximum absolute atomic E-state index is 11.1. The van der Waals surface area contributed by atoms with E-state index in [-0.39, 0.29) is 28.1 Å². The first-order valence-electron chi connectivity index (χ1n) is 10.2.